The van der Waals surface area contributed by atoms with Crippen LogP contribution in [0.3, 0.4) is 0 Å². The average molecular weight is 356 g/mol. The van der Waals surface area contributed by atoms with E-state index < -0.39 is 0 Å². The topological polar surface area (TPSA) is 85.6 Å². The highest BCUT2D eigenvalue weighted by Crippen LogP contribution is 2.20. The van der Waals surface area contributed by atoms with Crippen LogP contribution in [-0.4, -0.2) is 31.1 Å². The molecule has 4 aromatic rings. The highest BCUT2D eigenvalue weighted by Gasteiger charge is 2.07. The third kappa shape index (κ3) is 3.57. The molecule has 0 fully saturated rings. The smallest absolute Gasteiger partial charge is 0.248 e. The fourth-order valence-corrected chi connectivity index (χ4v) is 2.82. The third-order valence-electron chi connectivity index (χ3n) is 4.09. The number of hydrogen-bond donors (Lipinski definition) is 1. The molecule has 2 heterocycles. The minimum absolute atomic E-state index is 0.226. The number of fused-ring (bicyclic) bond motifs is 1. The van der Waals surface area contributed by atoms with Gasteiger partial charge in [-0.25, -0.2) is 4.68 Å². The van der Waals surface area contributed by atoms with Crippen LogP contribution in [0.4, 0.5) is 5.69 Å². The Labute approximate surface area is 155 Å². The molecule has 0 aliphatic rings. The molecule has 0 aliphatic carbocycles. The molecule has 0 atom stereocenters. The number of aromatic nitrogens is 5. The van der Waals surface area contributed by atoms with Gasteiger partial charge in [0.1, 0.15) is 0 Å². The minimum Gasteiger partial charge on any atom is -0.322 e. The normalized spacial score (nSPS) is 11.1. The fourth-order valence-electron chi connectivity index (χ4n) is 2.82. The molecule has 0 spiro atoms. The van der Waals surface area contributed by atoms with E-state index >= 15 is 0 Å². The van der Waals surface area contributed by atoms with Crippen LogP contribution in [0.15, 0.2) is 66.9 Å². The van der Waals surface area contributed by atoms with Crippen molar-refractivity contribution in [1.29, 1.82) is 0 Å². The van der Waals surface area contributed by atoms with Crippen molar-refractivity contribution < 1.29 is 4.79 Å². The molecule has 7 nitrogen and oxygen atoms in total. The lowest BCUT2D eigenvalue weighted by molar-refractivity contribution is -0.111. The van der Waals surface area contributed by atoms with Crippen molar-refractivity contribution in [2.45, 2.75) is 0 Å². The van der Waals surface area contributed by atoms with Crippen molar-refractivity contribution in [3.8, 4) is 11.4 Å². The van der Waals surface area contributed by atoms with Gasteiger partial charge in [0, 0.05) is 41.5 Å². The van der Waals surface area contributed by atoms with Gasteiger partial charge < -0.3 is 5.32 Å². The zero-order valence-electron chi connectivity index (χ0n) is 14.6. The number of amides is 1. The Kier molecular flexibility index (Phi) is 4.40. The van der Waals surface area contributed by atoms with E-state index in [0.29, 0.717) is 11.5 Å². The van der Waals surface area contributed by atoms with Gasteiger partial charge in [-0.3, -0.25) is 9.78 Å². The molecular formula is C20H16N6O. The van der Waals surface area contributed by atoms with E-state index in [4.69, 9.17) is 0 Å². The van der Waals surface area contributed by atoms with Crippen LogP contribution < -0.4 is 5.32 Å². The molecule has 0 radical (unpaired) electrons. The molecule has 0 saturated heterocycles. The molecule has 132 valence electrons. The van der Waals surface area contributed by atoms with Crippen molar-refractivity contribution in [2.24, 2.45) is 7.05 Å². The average Bonchev–Trinajstić information content (AvgIpc) is 3.12. The number of aryl methyl sites for hydroxylation is 1. The van der Waals surface area contributed by atoms with Crippen molar-refractivity contribution >= 4 is 28.6 Å². The van der Waals surface area contributed by atoms with Gasteiger partial charge in [0.2, 0.25) is 5.91 Å². The molecule has 2 aromatic heterocycles. The summed E-state index contributed by atoms with van der Waals surface area (Å²) in [5.74, 6) is 0.402. The number of anilines is 1. The number of hydrogen-bond acceptors (Lipinski definition) is 5. The van der Waals surface area contributed by atoms with E-state index in [1.54, 1.807) is 24.0 Å². The van der Waals surface area contributed by atoms with Crippen molar-refractivity contribution in [3.05, 3.63) is 72.4 Å². The summed E-state index contributed by atoms with van der Waals surface area (Å²) in [4.78, 5) is 16.7. The van der Waals surface area contributed by atoms with Gasteiger partial charge in [-0.05, 0) is 34.7 Å². The van der Waals surface area contributed by atoms with Gasteiger partial charge in [0.05, 0.1) is 5.52 Å². The second-order valence-electron chi connectivity index (χ2n) is 5.95. The maximum Gasteiger partial charge on any atom is 0.248 e. The van der Waals surface area contributed by atoms with E-state index in [2.05, 4.69) is 25.8 Å². The zero-order valence-corrected chi connectivity index (χ0v) is 14.6. The number of pyridine rings is 1. The van der Waals surface area contributed by atoms with Crippen LogP contribution in [0, 0.1) is 0 Å². The molecule has 0 unspecified atom stereocenters. The predicted molar refractivity (Wildman–Crippen MR) is 104 cm³/mol. The maximum atomic E-state index is 12.3. The standard InChI is InChI=1S/C20H16N6O/c1-26-20(23-24-25-26)16-7-3-9-17(13-16)22-18(27)11-10-15-6-2-5-14-8-4-12-21-19(14)15/h2-13H,1H3,(H,22,27)/b11-10+. The van der Waals surface area contributed by atoms with E-state index in [9.17, 15) is 4.79 Å². The number of rotatable bonds is 4. The summed E-state index contributed by atoms with van der Waals surface area (Å²) in [7, 11) is 1.77. The molecule has 0 bridgehead atoms. The summed E-state index contributed by atoms with van der Waals surface area (Å²) in [6.45, 7) is 0. The number of carbonyl (C=O) groups is 1. The largest absolute Gasteiger partial charge is 0.322 e. The van der Waals surface area contributed by atoms with E-state index in [1.807, 2.05) is 54.6 Å². The van der Waals surface area contributed by atoms with Gasteiger partial charge >= 0.3 is 0 Å². The number of carbonyl (C=O) groups excluding carboxylic acids is 1. The Morgan fingerprint density at radius 3 is 2.81 bits per heavy atom. The lowest BCUT2D eigenvalue weighted by Crippen LogP contribution is -2.07. The van der Waals surface area contributed by atoms with Gasteiger partial charge in [-0.2, -0.15) is 0 Å². The molecule has 7 heteroatoms. The number of nitrogens with zero attached hydrogens (tertiary/aromatic N) is 5. The minimum atomic E-state index is -0.226. The SMILES string of the molecule is Cn1nnnc1-c1cccc(NC(=O)/C=C/c2cccc3cccnc23)c1. The summed E-state index contributed by atoms with van der Waals surface area (Å²) in [5.41, 5.74) is 3.24. The molecule has 0 aliphatic heterocycles. The predicted octanol–water partition coefficient (Wildman–Crippen LogP) is 3.08. The molecule has 1 N–H and O–H groups in total. The summed E-state index contributed by atoms with van der Waals surface area (Å²) in [6.07, 6.45) is 5.01. The van der Waals surface area contributed by atoms with Crippen LogP contribution in [0.5, 0.6) is 0 Å². The quantitative estimate of drug-likeness (QED) is 0.568. The highest BCUT2D eigenvalue weighted by atomic mass is 16.1. The van der Waals surface area contributed by atoms with E-state index in [1.165, 1.54) is 6.08 Å². The Morgan fingerprint density at radius 2 is 1.96 bits per heavy atom. The Morgan fingerprint density at radius 1 is 1.11 bits per heavy atom. The summed E-state index contributed by atoms with van der Waals surface area (Å²) >= 11 is 0. The maximum absolute atomic E-state index is 12.3. The Balaban J connectivity index is 1.53. The summed E-state index contributed by atoms with van der Waals surface area (Å²) in [5, 5.41) is 15.3. The highest BCUT2D eigenvalue weighted by molar-refractivity contribution is 6.03. The molecular weight excluding hydrogens is 340 g/mol. The van der Waals surface area contributed by atoms with Crippen LogP contribution in [0.2, 0.25) is 0 Å². The van der Waals surface area contributed by atoms with E-state index in [0.717, 1.165) is 22.0 Å². The monoisotopic (exact) mass is 356 g/mol. The van der Waals surface area contributed by atoms with Crippen molar-refractivity contribution in [3.63, 3.8) is 0 Å². The first-order valence-electron chi connectivity index (χ1n) is 8.36. The zero-order chi connectivity index (χ0) is 18.6. The second-order valence-corrected chi connectivity index (χ2v) is 5.95. The van der Waals surface area contributed by atoms with Crippen molar-refractivity contribution in [1.82, 2.24) is 25.2 Å². The Hall–Kier alpha value is -3.87. The molecule has 1 amide bonds. The van der Waals surface area contributed by atoms with Gasteiger partial charge in [-0.1, -0.05) is 36.4 Å². The number of tetrazole rings is 1. The van der Waals surface area contributed by atoms with Gasteiger partial charge in [-0.15, -0.1) is 5.10 Å². The second kappa shape index (κ2) is 7.17. The summed E-state index contributed by atoms with van der Waals surface area (Å²) in [6, 6.07) is 17.1. The van der Waals surface area contributed by atoms with Crippen molar-refractivity contribution in [2.75, 3.05) is 5.32 Å². The lowest BCUT2D eigenvalue weighted by atomic mass is 10.1. The Bertz CT molecular complexity index is 1140. The molecule has 2 aromatic carbocycles. The van der Waals surface area contributed by atoms with Crippen LogP contribution in [0.1, 0.15) is 5.56 Å². The summed E-state index contributed by atoms with van der Waals surface area (Å²) < 4.78 is 1.58. The molecule has 4 rings (SSSR count). The first-order chi connectivity index (χ1) is 13.2. The van der Waals surface area contributed by atoms with Gasteiger partial charge in [0.15, 0.2) is 5.82 Å². The molecule has 27 heavy (non-hydrogen) atoms. The first kappa shape index (κ1) is 16.6. The van der Waals surface area contributed by atoms with Crippen LogP contribution in [-0.2, 0) is 11.8 Å². The number of para-hydroxylation sites is 1. The lowest BCUT2D eigenvalue weighted by Gasteiger charge is -2.05. The first-order valence-corrected chi connectivity index (χ1v) is 8.36. The van der Waals surface area contributed by atoms with E-state index in [-0.39, 0.29) is 5.91 Å². The number of benzene rings is 2. The van der Waals surface area contributed by atoms with Gasteiger partial charge in [0.25, 0.3) is 0 Å². The number of nitrogens with one attached hydrogen (secondary N) is 1. The fraction of sp³-hybridized carbons (Fsp3) is 0.0500. The van der Waals surface area contributed by atoms with Crippen LogP contribution >= 0.6 is 0 Å². The van der Waals surface area contributed by atoms with Crippen LogP contribution in [0.25, 0.3) is 28.4 Å². The molecule has 0 saturated carbocycles. The third-order valence-corrected chi connectivity index (χ3v) is 4.09.